The van der Waals surface area contributed by atoms with Gasteiger partial charge in [-0.25, -0.2) is 9.59 Å². The van der Waals surface area contributed by atoms with E-state index in [9.17, 15) is 9.59 Å². The summed E-state index contributed by atoms with van der Waals surface area (Å²) in [5, 5.41) is 14.3. The van der Waals surface area contributed by atoms with Crippen molar-refractivity contribution in [3.63, 3.8) is 0 Å². The number of ether oxygens (including phenoxy) is 2. The summed E-state index contributed by atoms with van der Waals surface area (Å²) in [6.07, 6.45) is 1.38. The molecule has 7 heteroatoms. The van der Waals surface area contributed by atoms with Crippen LogP contribution in [-0.4, -0.2) is 55.6 Å². The van der Waals surface area contributed by atoms with Crippen molar-refractivity contribution in [3.05, 3.63) is 0 Å². The van der Waals surface area contributed by atoms with E-state index in [1.54, 1.807) is 14.0 Å². The van der Waals surface area contributed by atoms with Crippen molar-refractivity contribution in [3.8, 4) is 0 Å². The number of carboxylic acids is 1. The molecule has 1 heterocycles. The average molecular weight is 288 g/mol. The summed E-state index contributed by atoms with van der Waals surface area (Å²) in [5.41, 5.74) is -0.508. The number of hydrogen-bond donors (Lipinski definition) is 3. The maximum absolute atomic E-state index is 11.8. The number of aliphatic carboxylic acids is 1. The molecule has 116 valence electrons. The van der Waals surface area contributed by atoms with Crippen molar-refractivity contribution in [2.24, 2.45) is 5.92 Å². The Kier molecular flexibility index (Phi) is 6.22. The van der Waals surface area contributed by atoms with Crippen LogP contribution in [-0.2, 0) is 14.3 Å². The largest absolute Gasteiger partial charge is 0.480 e. The third-order valence-corrected chi connectivity index (χ3v) is 3.84. The van der Waals surface area contributed by atoms with Gasteiger partial charge >= 0.3 is 12.0 Å². The molecule has 1 aliphatic rings. The highest BCUT2D eigenvalue weighted by atomic mass is 16.5. The van der Waals surface area contributed by atoms with E-state index in [4.69, 9.17) is 14.6 Å². The van der Waals surface area contributed by atoms with Crippen molar-refractivity contribution in [2.75, 3.05) is 26.9 Å². The minimum atomic E-state index is -1.03. The van der Waals surface area contributed by atoms with Gasteiger partial charge in [0.25, 0.3) is 0 Å². The van der Waals surface area contributed by atoms with Crippen LogP contribution in [0, 0.1) is 5.92 Å². The van der Waals surface area contributed by atoms with Crippen molar-refractivity contribution in [2.45, 2.75) is 38.3 Å². The van der Waals surface area contributed by atoms with Gasteiger partial charge in [-0.3, -0.25) is 0 Å². The predicted molar refractivity (Wildman–Crippen MR) is 72.6 cm³/mol. The smallest absolute Gasteiger partial charge is 0.326 e. The third-order valence-electron chi connectivity index (χ3n) is 3.84. The average Bonchev–Trinajstić information content (AvgIpc) is 2.91. The minimum Gasteiger partial charge on any atom is -0.480 e. The summed E-state index contributed by atoms with van der Waals surface area (Å²) in [4.78, 5) is 22.9. The molecule has 3 unspecified atom stereocenters. The van der Waals surface area contributed by atoms with Gasteiger partial charge in [0.1, 0.15) is 11.6 Å². The number of hydrogen-bond acceptors (Lipinski definition) is 4. The first-order valence-electron chi connectivity index (χ1n) is 6.84. The fourth-order valence-corrected chi connectivity index (χ4v) is 2.08. The Morgan fingerprint density at radius 1 is 1.50 bits per heavy atom. The number of urea groups is 1. The van der Waals surface area contributed by atoms with Crippen LogP contribution in [0.15, 0.2) is 0 Å². The molecular formula is C13H24N2O5. The lowest BCUT2D eigenvalue weighted by molar-refractivity contribution is -0.140. The van der Waals surface area contributed by atoms with Crippen LogP contribution in [0.4, 0.5) is 4.79 Å². The lowest BCUT2D eigenvalue weighted by Gasteiger charge is -2.27. The van der Waals surface area contributed by atoms with Crippen LogP contribution in [0.1, 0.15) is 26.7 Å². The first-order valence-corrected chi connectivity index (χ1v) is 6.84. The molecule has 1 fully saturated rings. The number of carbonyl (C=O) groups excluding carboxylic acids is 1. The molecule has 3 N–H and O–H groups in total. The standard InChI is InChI=1S/C13H24N2O5/c1-4-9(2)10(11(16)17)15-12(18)14-7-13(19-3)5-6-20-8-13/h9-10H,4-8H2,1-3H3,(H,16,17)(H2,14,15,18). The van der Waals surface area contributed by atoms with E-state index in [2.05, 4.69) is 10.6 Å². The Morgan fingerprint density at radius 2 is 2.20 bits per heavy atom. The Morgan fingerprint density at radius 3 is 2.65 bits per heavy atom. The highest BCUT2D eigenvalue weighted by Gasteiger charge is 2.35. The summed E-state index contributed by atoms with van der Waals surface area (Å²) in [7, 11) is 1.58. The van der Waals surface area contributed by atoms with Gasteiger partial charge in [-0.1, -0.05) is 20.3 Å². The van der Waals surface area contributed by atoms with Gasteiger partial charge in [-0.2, -0.15) is 0 Å². The Bertz CT molecular complexity index is 342. The molecule has 0 aromatic heterocycles. The highest BCUT2D eigenvalue weighted by molar-refractivity contribution is 5.82. The quantitative estimate of drug-likeness (QED) is 0.637. The SMILES string of the molecule is CCC(C)C(NC(=O)NCC1(OC)CCOC1)C(=O)O. The molecule has 0 bridgehead atoms. The van der Waals surface area contributed by atoms with Crippen LogP contribution in [0.5, 0.6) is 0 Å². The summed E-state index contributed by atoms with van der Waals surface area (Å²) in [6.45, 7) is 5.00. The monoisotopic (exact) mass is 288 g/mol. The zero-order chi connectivity index (χ0) is 15.2. The number of carboxylic acid groups (broad SMARTS) is 1. The van der Waals surface area contributed by atoms with E-state index >= 15 is 0 Å². The van der Waals surface area contributed by atoms with Crippen molar-refractivity contribution in [1.29, 1.82) is 0 Å². The van der Waals surface area contributed by atoms with Gasteiger partial charge in [0, 0.05) is 20.1 Å². The maximum Gasteiger partial charge on any atom is 0.326 e. The fraction of sp³-hybridized carbons (Fsp3) is 0.846. The van der Waals surface area contributed by atoms with Gasteiger partial charge in [-0.05, 0) is 5.92 Å². The number of carbonyl (C=O) groups is 2. The second-order valence-corrected chi connectivity index (χ2v) is 5.22. The molecular weight excluding hydrogens is 264 g/mol. The first-order chi connectivity index (χ1) is 9.44. The molecule has 20 heavy (non-hydrogen) atoms. The van der Waals surface area contributed by atoms with Crippen LogP contribution in [0.3, 0.4) is 0 Å². The van der Waals surface area contributed by atoms with Crippen molar-refractivity contribution >= 4 is 12.0 Å². The van der Waals surface area contributed by atoms with Gasteiger partial charge < -0.3 is 25.2 Å². The zero-order valence-corrected chi connectivity index (χ0v) is 12.3. The van der Waals surface area contributed by atoms with E-state index < -0.39 is 23.6 Å². The number of rotatable bonds is 7. The highest BCUT2D eigenvalue weighted by Crippen LogP contribution is 2.21. The van der Waals surface area contributed by atoms with Gasteiger partial charge in [0.05, 0.1) is 13.2 Å². The molecule has 2 amide bonds. The van der Waals surface area contributed by atoms with Crippen LogP contribution >= 0.6 is 0 Å². The van der Waals surface area contributed by atoms with E-state index in [0.717, 1.165) is 0 Å². The molecule has 0 aromatic carbocycles. The molecule has 1 saturated heterocycles. The van der Waals surface area contributed by atoms with Gasteiger partial charge in [-0.15, -0.1) is 0 Å². The summed E-state index contributed by atoms with van der Waals surface area (Å²) in [6, 6.07) is -1.39. The Hall–Kier alpha value is -1.34. The van der Waals surface area contributed by atoms with Gasteiger partial charge in [0.2, 0.25) is 0 Å². The molecule has 0 aromatic rings. The number of nitrogens with one attached hydrogen (secondary N) is 2. The predicted octanol–water partition coefficient (Wildman–Crippen LogP) is 0.590. The Labute approximate surface area is 119 Å². The molecule has 7 nitrogen and oxygen atoms in total. The zero-order valence-electron chi connectivity index (χ0n) is 12.3. The van der Waals surface area contributed by atoms with E-state index in [1.165, 1.54) is 0 Å². The molecule has 1 aliphatic heterocycles. The molecule has 0 aliphatic carbocycles. The van der Waals surface area contributed by atoms with Gasteiger partial charge in [0.15, 0.2) is 0 Å². The third kappa shape index (κ3) is 4.35. The molecule has 1 rings (SSSR count). The summed E-state index contributed by atoms with van der Waals surface area (Å²) < 4.78 is 10.7. The van der Waals surface area contributed by atoms with Crippen LogP contribution < -0.4 is 10.6 Å². The minimum absolute atomic E-state index is 0.135. The maximum atomic E-state index is 11.8. The summed E-state index contributed by atoms with van der Waals surface area (Å²) in [5.74, 6) is -1.16. The molecule has 0 spiro atoms. The second-order valence-electron chi connectivity index (χ2n) is 5.22. The number of methoxy groups -OCH3 is 1. The first kappa shape index (κ1) is 16.7. The Balaban J connectivity index is 2.47. The van der Waals surface area contributed by atoms with Crippen LogP contribution in [0.25, 0.3) is 0 Å². The molecule has 0 radical (unpaired) electrons. The summed E-state index contributed by atoms with van der Waals surface area (Å²) >= 11 is 0. The van der Waals surface area contributed by atoms with E-state index in [0.29, 0.717) is 32.6 Å². The van der Waals surface area contributed by atoms with E-state index in [1.807, 2.05) is 6.92 Å². The topological polar surface area (TPSA) is 96.9 Å². The fourth-order valence-electron chi connectivity index (χ4n) is 2.08. The van der Waals surface area contributed by atoms with Crippen molar-refractivity contribution in [1.82, 2.24) is 10.6 Å². The normalized spacial score (nSPS) is 24.9. The lowest BCUT2D eigenvalue weighted by atomic mass is 9.99. The lowest BCUT2D eigenvalue weighted by Crippen LogP contribution is -2.53. The van der Waals surface area contributed by atoms with Crippen LogP contribution in [0.2, 0.25) is 0 Å². The second kappa shape index (κ2) is 7.44. The number of amides is 2. The van der Waals surface area contributed by atoms with E-state index in [-0.39, 0.29) is 5.92 Å². The molecule has 0 saturated carbocycles. The van der Waals surface area contributed by atoms with Crippen molar-refractivity contribution < 1.29 is 24.2 Å². The molecule has 3 atom stereocenters.